The lowest BCUT2D eigenvalue weighted by atomic mass is 10.9. The smallest absolute Gasteiger partial charge is 0.447 e. The molecule has 0 aliphatic heterocycles. The van der Waals surface area contributed by atoms with Crippen molar-refractivity contribution in [1.82, 2.24) is 0 Å². The summed E-state index contributed by atoms with van der Waals surface area (Å²) >= 11 is 16.6. The van der Waals surface area contributed by atoms with Gasteiger partial charge in [-0.15, -0.1) is 0 Å². The van der Waals surface area contributed by atoms with E-state index in [1.807, 2.05) is 20.8 Å². The molecular weight excluding hydrogens is 307 g/mol. The maximum Gasteiger partial charge on any atom is 0.573 e. The van der Waals surface area contributed by atoms with Crippen molar-refractivity contribution in [3.8, 4) is 0 Å². The molecule has 0 radical (unpaired) electrons. The minimum absolute atomic E-state index is 0.0862. The number of alkyl halides is 3. The highest BCUT2D eigenvalue weighted by Gasteiger charge is 2.49. The average molecular weight is 324 g/mol. The van der Waals surface area contributed by atoms with E-state index >= 15 is 0 Å². The summed E-state index contributed by atoms with van der Waals surface area (Å²) in [5.41, 5.74) is 0. The molecule has 0 aromatic rings. The zero-order valence-electron chi connectivity index (χ0n) is 10.1. The summed E-state index contributed by atoms with van der Waals surface area (Å²) in [6.45, 7) is 10.3. The third-order valence-corrected chi connectivity index (χ3v) is 4.61. The Morgan fingerprint density at radius 3 is 1.59 bits per heavy atom. The van der Waals surface area contributed by atoms with Crippen molar-refractivity contribution in [2.24, 2.45) is 0 Å². The van der Waals surface area contributed by atoms with Crippen LogP contribution in [0.2, 0.25) is 0 Å². The zero-order valence-corrected chi connectivity index (χ0v) is 13.4. The molecule has 0 atom stereocenters. The van der Waals surface area contributed by atoms with Crippen LogP contribution in [-0.2, 0) is 18.0 Å². The SMILES string of the molecule is C=C(OC(Cl)(Cl)Cl)[Si](OCC)(OCC)OCC. The second kappa shape index (κ2) is 7.84. The van der Waals surface area contributed by atoms with Crippen molar-refractivity contribution in [2.45, 2.75) is 24.7 Å². The van der Waals surface area contributed by atoms with Crippen LogP contribution in [0.3, 0.4) is 0 Å². The molecule has 0 fully saturated rings. The zero-order chi connectivity index (χ0) is 13.5. The minimum atomic E-state index is -3.18. The summed E-state index contributed by atoms with van der Waals surface area (Å²) in [6.07, 6.45) is 0. The molecule has 0 N–H and O–H groups in total. The predicted octanol–water partition coefficient (Wildman–Crippen LogP) is 3.43. The first-order valence-electron chi connectivity index (χ1n) is 5.18. The Balaban J connectivity index is 4.91. The first-order chi connectivity index (χ1) is 7.81. The van der Waals surface area contributed by atoms with Crippen molar-refractivity contribution in [3.63, 3.8) is 0 Å². The highest BCUT2D eigenvalue weighted by Crippen LogP contribution is 2.33. The van der Waals surface area contributed by atoms with E-state index in [-0.39, 0.29) is 5.38 Å². The van der Waals surface area contributed by atoms with Crippen molar-refractivity contribution in [3.05, 3.63) is 12.0 Å². The highest BCUT2D eigenvalue weighted by atomic mass is 35.6. The summed E-state index contributed by atoms with van der Waals surface area (Å²) in [7, 11) is -3.18. The Hall–Kier alpha value is 0.507. The van der Waals surface area contributed by atoms with Crippen molar-refractivity contribution in [2.75, 3.05) is 19.8 Å². The van der Waals surface area contributed by atoms with E-state index in [2.05, 4.69) is 6.58 Å². The van der Waals surface area contributed by atoms with E-state index in [0.29, 0.717) is 19.8 Å². The van der Waals surface area contributed by atoms with Gasteiger partial charge in [0.15, 0.2) is 5.38 Å². The summed E-state index contributed by atoms with van der Waals surface area (Å²) in [5, 5.41) is 0.0862. The molecule has 0 saturated carbocycles. The molecule has 0 amide bonds. The van der Waals surface area contributed by atoms with E-state index in [1.54, 1.807) is 0 Å². The largest absolute Gasteiger partial charge is 0.573 e. The van der Waals surface area contributed by atoms with Gasteiger partial charge >= 0.3 is 12.8 Å². The van der Waals surface area contributed by atoms with Crippen molar-refractivity contribution < 1.29 is 18.0 Å². The van der Waals surface area contributed by atoms with Gasteiger partial charge in [-0.1, -0.05) is 6.58 Å². The van der Waals surface area contributed by atoms with Gasteiger partial charge < -0.3 is 18.0 Å². The standard InChI is InChI=1S/C9H17Cl3O4Si/c1-5-13-17(14-6-2,15-7-3)8(4)16-9(10,11)12/h4-7H2,1-3H3. The average Bonchev–Trinajstić information content (AvgIpc) is 2.16. The fraction of sp³-hybridized carbons (Fsp3) is 0.778. The molecular formula is C9H17Cl3O4Si. The lowest BCUT2D eigenvalue weighted by molar-refractivity contribution is 0.0559. The van der Waals surface area contributed by atoms with E-state index in [4.69, 9.17) is 52.8 Å². The highest BCUT2D eigenvalue weighted by molar-refractivity contribution is 6.70. The lowest BCUT2D eigenvalue weighted by Crippen LogP contribution is -2.49. The van der Waals surface area contributed by atoms with Crippen LogP contribution in [0.1, 0.15) is 20.8 Å². The lowest BCUT2D eigenvalue weighted by Gasteiger charge is -2.30. The molecule has 4 nitrogen and oxygen atoms in total. The van der Waals surface area contributed by atoms with Gasteiger partial charge in [0.25, 0.3) is 0 Å². The number of halogens is 3. The quantitative estimate of drug-likeness (QED) is 0.389. The van der Waals surface area contributed by atoms with Crippen LogP contribution in [0, 0.1) is 0 Å². The second-order valence-corrected chi connectivity index (χ2v) is 7.54. The molecule has 0 rings (SSSR count). The molecule has 0 heterocycles. The van der Waals surface area contributed by atoms with Crippen LogP contribution in [0.15, 0.2) is 12.0 Å². The molecule has 0 saturated heterocycles. The van der Waals surface area contributed by atoms with Gasteiger partial charge in [0.2, 0.25) is 0 Å². The Labute approximate surface area is 118 Å². The maximum atomic E-state index is 5.54. The van der Waals surface area contributed by atoms with Crippen LogP contribution in [0.25, 0.3) is 0 Å². The summed E-state index contributed by atoms with van der Waals surface area (Å²) in [4.78, 5) is 0. The van der Waals surface area contributed by atoms with Gasteiger partial charge in [0.1, 0.15) is 0 Å². The summed E-state index contributed by atoms with van der Waals surface area (Å²) in [5.74, 6) is 0. The van der Waals surface area contributed by atoms with Gasteiger partial charge in [-0.05, 0) is 55.6 Å². The fourth-order valence-corrected chi connectivity index (χ4v) is 3.76. The van der Waals surface area contributed by atoms with Crippen LogP contribution >= 0.6 is 34.8 Å². The first kappa shape index (κ1) is 17.5. The van der Waals surface area contributed by atoms with Gasteiger partial charge in [-0.25, -0.2) is 0 Å². The Morgan fingerprint density at radius 1 is 1.00 bits per heavy atom. The van der Waals surface area contributed by atoms with Gasteiger partial charge in [0, 0.05) is 19.8 Å². The molecule has 0 aromatic heterocycles. The molecule has 0 unspecified atom stereocenters. The Morgan fingerprint density at radius 2 is 1.35 bits per heavy atom. The predicted molar refractivity (Wildman–Crippen MR) is 71.1 cm³/mol. The van der Waals surface area contributed by atoms with E-state index < -0.39 is 12.8 Å². The van der Waals surface area contributed by atoms with Crippen molar-refractivity contribution in [1.29, 1.82) is 0 Å². The van der Waals surface area contributed by atoms with E-state index in [9.17, 15) is 0 Å². The molecule has 0 bridgehead atoms. The molecule has 102 valence electrons. The minimum Gasteiger partial charge on any atom is -0.447 e. The molecule has 8 heteroatoms. The third kappa shape index (κ3) is 6.29. The van der Waals surface area contributed by atoms with Crippen LogP contribution in [-0.4, -0.2) is 32.6 Å². The molecule has 0 aliphatic rings. The molecule has 0 spiro atoms. The monoisotopic (exact) mass is 322 g/mol. The number of rotatable bonds is 8. The molecule has 0 aromatic carbocycles. The topological polar surface area (TPSA) is 36.9 Å². The number of hydrogen-bond donors (Lipinski definition) is 0. The van der Waals surface area contributed by atoms with E-state index in [0.717, 1.165) is 0 Å². The second-order valence-electron chi connectivity index (χ2n) is 2.83. The number of ether oxygens (including phenoxy) is 1. The number of hydrogen-bond acceptors (Lipinski definition) is 4. The van der Waals surface area contributed by atoms with E-state index in [1.165, 1.54) is 0 Å². The van der Waals surface area contributed by atoms with Crippen LogP contribution in [0.5, 0.6) is 0 Å². The van der Waals surface area contributed by atoms with Gasteiger partial charge in [0.05, 0.1) is 0 Å². The molecule has 0 aliphatic carbocycles. The van der Waals surface area contributed by atoms with Crippen LogP contribution in [0.4, 0.5) is 0 Å². The van der Waals surface area contributed by atoms with Crippen molar-refractivity contribution >= 4 is 43.6 Å². The molecule has 17 heavy (non-hydrogen) atoms. The summed E-state index contributed by atoms with van der Waals surface area (Å²) in [6, 6.07) is 0. The Kier molecular flexibility index (Phi) is 8.07. The normalized spacial score (nSPS) is 12.6. The van der Waals surface area contributed by atoms with Gasteiger partial charge in [-0.3, -0.25) is 0 Å². The van der Waals surface area contributed by atoms with Gasteiger partial charge in [-0.2, -0.15) is 0 Å². The van der Waals surface area contributed by atoms with Crippen LogP contribution < -0.4 is 0 Å². The Bertz CT molecular complexity index is 228. The first-order valence-corrected chi connectivity index (χ1v) is 8.04. The fourth-order valence-electron chi connectivity index (χ4n) is 1.14. The third-order valence-electron chi connectivity index (χ3n) is 1.58. The summed E-state index contributed by atoms with van der Waals surface area (Å²) < 4.78 is 19.7. The maximum absolute atomic E-state index is 5.54.